The summed E-state index contributed by atoms with van der Waals surface area (Å²) < 4.78 is 5.63. The fraction of sp³-hybridized carbons (Fsp3) is 0.444. The van der Waals surface area contributed by atoms with Gasteiger partial charge in [0.05, 0.1) is 6.61 Å². The molecule has 1 unspecified atom stereocenters. The Kier molecular flexibility index (Phi) is 3.56. The van der Waals surface area contributed by atoms with Gasteiger partial charge in [0, 0.05) is 24.0 Å². The van der Waals surface area contributed by atoms with Gasteiger partial charge in [-0.05, 0) is 43.9 Å². The first kappa shape index (κ1) is 14.3. The average Bonchev–Trinajstić information content (AvgIpc) is 2.93. The van der Waals surface area contributed by atoms with E-state index in [1.54, 1.807) is 6.33 Å². The molecular weight excluding hydrogens is 288 g/mol. The summed E-state index contributed by atoms with van der Waals surface area (Å²) in [4.78, 5) is 15.0. The highest BCUT2D eigenvalue weighted by Crippen LogP contribution is 2.32. The number of nitrogens with one attached hydrogen (secondary N) is 1. The number of anilines is 1. The van der Waals surface area contributed by atoms with Crippen LogP contribution < -0.4 is 9.64 Å². The van der Waals surface area contributed by atoms with Crippen LogP contribution in [0.3, 0.4) is 0 Å². The smallest absolute Gasteiger partial charge is 0.156 e. The molecule has 120 valence electrons. The molecular formula is C18H22N4O. The minimum atomic E-state index is 0.666. The maximum absolute atomic E-state index is 5.63. The van der Waals surface area contributed by atoms with Gasteiger partial charge in [-0.3, -0.25) is 0 Å². The summed E-state index contributed by atoms with van der Waals surface area (Å²) in [5.41, 5.74) is 3.09. The summed E-state index contributed by atoms with van der Waals surface area (Å²) in [5.74, 6) is 2.62. The molecule has 1 atom stereocenters. The lowest BCUT2D eigenvalue weighted by atomic mass is 10.0. The van der Waals surface area contributed by atoms with Crippen molar-refractivity contribution in [2.24, 2.45) is 5.92 Å². The van der Waals surface area contributed by atoms with E-state index in [2.05, 4.69) is 38.9 Å². The Labute approximate surface area is 135 Å². The molecule has 3 aromatic rings. The molecule has 0 bridgehead atoms. The van der Waals surface area contributed by atoms with Crippen LogP contribution >= 0.6 is 0 Å². The highest BCUT2D eigenvalue weighted by Gasteiger charge is 2.21. The summed E-state index contributed by atoms with van der Waals surface area (Å²) in [6, 6.07) is 6.12. The first-order valence-corrected chi connectivity index (χ1v) is 8.40. The van der Waals surface area contributed by atoms with Gasteiger partial charge in [-0.1, -0.05) is 6.92 Å². The van der Waals surface area contributed by atoms with E-state index in [-0.39, 0.29) is 0 Å². The molecule has 5 nitrogen and oxygen atoms in total. The second-order valence-electron chi connectivity index (χ2n) is 6.38. The highest BCUT2D eigenvalue weighted by molar-refractivity contribution is 6.08. The number of aromatic nitrogens is 3. The first-order chi connectivity index (χ1) is 11.3. The molecule has 3 heterocycles. The van der Waals surface area contributed by atoms with Gasteiger partial charge in [0.2, 0.25) is 0 Å². The lowest BCUT2D eigenvalue weighted by Crippen LogP contribution is -2.35. The molecule has 1 N–H and O–H groups in total. The molecule has 5 heteroatoms. The lowest BCUT2D eigenvalue weighted by molar-refractivity contribution is 0.341. The molecule has 0 spiro atoms. The van der Waals surface area contributed by atoms with Gasteiger partial charge >= 0.3 is 0 Å². The van der Waals surface area contributed by atoms with Crippen LogP contribution in [0.15, 0.2) is 24.5 Å². The molecule has 0 aliphatic carbocycles. The Balaban J connectivity index is 1.85. The Bertz CT molecular complexity index is 842. The van der Waals surface area contributed by atoms with Crippen LogP contribution in [0.25, 0.3) is 21.9 Å². The highest BCUT2D eigenvalue weighted by atomic mass is 16.5. The number of nitrogens with zero attached hydrogens (tertiary/aromatic N) is 3. The predicted octanol–water partition coefficient (Wildman–Crippen LogP) is 3.75. The van der Waals surface area contributed by atoms with Gasteiger partial charge in [-0.25, -0.2) is 9.97 Å². The molecule has 2 aromatic heterocycles. The zero-order chi connectivity index (χ0) is 15.8. The van der Waals surface area contributed by atoms with Crippen molar-refractivity contribution in [3.05, 3.63) is 24.5 Å². The molecule has 1 saturated heterocycles. The maximum atomic E-state index is 5.63. The van der Waals surface area contributed by atoms with Crippen molar-refractivity contribution in [2.75, 3.05) is 24.6 Å². The summed E-state index contributed by atoms with van der Waals surface area (Å²) in [5, 5.41) is 1.10. The normalized spacial score (nSPS) is 18.7. The average molecular weight is 310 g/mol. The third kappa shape index (κ3) is 2.50. The Morgan fingerprint density at radius 1 is 1.35 bits per heavy atom. The first-order valence-electron chi connectivity index (χ1n) is 8.40. The van der Waals surface area contributed by atoms with E-state index in [0.29, 0.717) is 12.5 Å². The van der Waals surface area contributed by atoms with Crippen LogP contribution in [0.1, 0.15) is 26.7 Å². The van der Waals surface area contributed by atoms with Gasteiger partial charge in [-0.2, -0.15) is 0 Å². The number of fused-ring (bicyclic) bond motifs is 3. The largest absolute Gasteiger partial charge is 0.494 e. The number of aromatic amines is 1. The number of H-pyrrole nitrogens is 1. The van der Waals surface area contributed by atoms with E-state index in [9.17, 15) is 0 Å². The van der Waals surface area contributed by atoms with Crippen molar-refractivity contribution in [1.82, 2.24) is 15.0 Å². The molecule has 1 aromatic carbocycles. The van der Waals surface area contributed by atoms with Crippen molar-refractivity contribution in [1.29, 1.82) is 0 Å². The summed E-state index contributed by atoms with van der Waals surface area (Å²) in [7, 11) is 0. The molecule has 1 aliphatic heterocycles. The minimum absolute atomic E-state index is 0.666. The van der Waals surface area contributed by atoms with Crippen molar-refractivity contribution in [2.45, 2.75) is 26.7 Å². The van der Waals surface area contributed by atoms with Crippen molar-refractivity contribution in [3.8, 4) is 5.75 Å². The van der Waals surface area contributed by atoms with Gasteiger partial charge in [0.25, 0.3) is 0 Å². The van der Waals surface area contributed by atoms with Crippen LogP contribution in [0.4, 0.5) is 5.82 Å². The van der Waals surface area contributed by atoms with Gasteiger partial charge in [0.15, 0.2) is 5.82 Å². The summed E-state index contributed by atoms with van der Waals surface area (Å²) in [6.07, 6.45) is 4.20. The standard InChI is InChI=1S/C18H22N4O/c1-3-23-13-6-7-15-14(9-13)16-17(21-15)18(20-11-19-16)22-8-4-5-12(2)10-22/h6-7,9,11-12,21H,3-5,8,10H2,1-2H3. The summed E-state index contributed by atoms with van der Waals surface area (Å²) in [6.45, 7) is 7.10. The van der Waals surface area contributed by atoms with Crippen LogP contribution in [0, 0.1) is 5.92 Å². The van der Waals surface area contributed by atoms with E-state index in [4.69, 9.17) is 4.74 Å². The van der Waals surface area contributed by atoms with Crippen LogP contribution in [0.5, 0.6) is 5.75 Å². The molecule has 0 saturated carbocycles. The van der Waals surface area contributed by atoms with Gasteiger partial charge < -0.3 is 14.6 Å². The monoisotopic (exact) mass is 310 g/mol. The quantitative estimate of drug-likeness (QED) is 0.800. The van der Waals surface area contributed by atoms with Crippen LogP contribution in [0.2, 0.25) is 0 Å². The van der Waals surface area contributed by atoms with Crippen molar-refractivity contribution in [3.63, 3.8) is 0 Å². The zero-order valence-corrected chi connectivity index (χ0v) is 13.7. The molecule has 23 heavy (non-hydrogen) atoms. The predicted molar refractivity (Wildman–Crippen MR) is 93.2 cm³/mol. The number of piperidine rings is 1. The van der Waals surface area contributed by atoms with E-state index < -0.39 is 0 Å². The Morgan fingerprint density at radius 2 is 2.26 bits per heavy atom. The number of ether oxygens (including phenoxy) is 1. The molecule has 0 amide bonds. The SMILES string of the molecule is CCOc1ccc2[nH]c3c(N4CCCC(C)C4)ncnc3c2c1. The number of benzene rings is 1. The van der Waals surface area contributed by atoms with Gasteiger partial charge in [-0.15, -0.1) is 0 Å². The number of rotatable bonds is 3. The maximum Gasteiger partial charge on any atom is 0.156 e. The Hall–Kier alpha value is -2.30. The van der Waals surface area contributed by atoms with E-state index in [0.717, 1.165) is 46.6 Å². The van der Waals surface area contributed by atoms with Crippen LogP contribution in [-0.2, 0) is 0 Å². The fourth-order valence-corrected chi connectivity index (χ4v) is 3.54. The topological polar surface area (TPSA) is 54.0 Å². The fourth-order valence-electron chi connectivity index (χ4n) is 3.54. The van der Waals surface area contributed by atoms with Crippen LogP contribution in [-0.4, -0.2) is 34.6 Å². The molecule has 0 radical (unpaired) electrons. The number of hydrogen-bond donors (Lipinski definition) is 1. The molecule has 1 fully saturated rings. The van der Waals surface area contributed by atoms with E-state index in [1.165, 1.54) is 12.8 Å². The molecule has 4 rings (SSSR count). The van der Waals surface area contributed by atoms with E-state index >= 15 is 0 Å². The van der Waals surface area contributed by atoms with Crippen molar-refractivity contribution < 1.29 is 4.74 Å². The van der Waals surface area contributed by atoms with E-state index in [1.807, 2.05) is 13.0 Å². The summed E-state index contributed by atoms with van der Waals surface area (Å²) >= 11 is 0. The minimum Gasteiger partial charge on any atom is -0.494 e. The zero-order valence-electron chi connectivity index (χ0n) is 13.7. The molecule has 1 aliphatic rings. The third-order valence-corrected chi connectivity index (χ3v) is 4.60. The second kappa shape index (κ2) is 5.72. The van der Waals surface area contributed by atoms with Crippen molar-refractivity contribution >= 4 is 27.8 Å². The number of hydrogen-bond acceptors (Lipinski definition) is 4. The Morgan fingerprint density at radius 3 is 3.09 bits per heavy atom. The third-order valence-electron chi connectivity index (χ3n) is 4.60. The second-order valence-corrected chi connectivity index (χ2v) is 6.38. The lowest BCUT2D eigenvalue weighted by Gasteiger charge is -2.31. The van der Waals surface area contributed by atoms with Gasteiger partial charge in [0.1, 0.15) is 23.1 Å².